The van der Waals surface area contributed by atoms with Crippen LogP contribution in [0.25, 0.3) is 22.3 Å². The Hall–Kier alpha value is -2.16. The summed E-state index contributed by atoms with van der Waals surface area (Å²) in [6, 6.07) is 12.1. The number of aromatic amines is 1. The van der Waals surface area contributed by atoms with E-state index >= 15 is 0 Å². The Morgan fingerprint density at radius 1 is 1.00 bits per heavy atom. The topological polar surface area (TPSA) is 41.6 Å². The molecule has 2 aromatic heterocycles. The number of hydrogen-bond donors (Lipinski definition) is 1. The smallest absolute Gasteiger partial charge is 0.0932 e. The molecule has 0 aliphatic heterocycles. The van der Waals surface area contributed by atoms with Crippen LogP contribution in [0.3, 0.4) is 0 Å². The molecule has 0 radical (unpaired) electrons. The molecule has 0 saturated carbocycles. The van der Waals surface area contributed by atoms with Crippen LogP contribution >= 0.6 is 0 Å². The number of benzene rings is 1. The molecule has 3 heteroatoms. The molecule has 3 aromatic rings. The van der Waals surface area contributed by atoms with Gasteiger partial charge in [-0.25, -0.2) is 4.98 Å². The summed E-state index contributed by atoms with van der Waals surface area (Å²) in [5, 5.41) is 0. The lowest BCUT2D eigenvalue weighted by molar-refractivity contribution is 1.33. The van der Waals surface area contributed by atoms with E-state index in [1.807, 2.05) is 42.6 Å². The predicted octanol–water partition coefficient (Wildman–Crippen LogP) is 2.62. The fraction of sp³-hybridized carbons (Fsp3) is 0. The van der Waals surface area contributed by atoms with Crippen LogP contribution in [-0.4, -0.2) is 15.0 Å². The highest BCUT2D eigenvalue weighted by atomic mass is 14.9. The molecule has 0 saturated heterocycles. The Kier molecular flexibility index (Phi) is 1.75. The van der Waals surface area contributed by atoms with Crippen molar-refractivity contribution < 1.29 is 0 Å². The molecule has 0 aliphatic rings. The molecular weight excluding hydrogens is 186 g/mol. The van der Waals surface area contributed by atoms with Gasteiger partial charge in [0.05, 0.1) is 29.3 Å². The Balaban J connectivity index is 2.19. The lowest BCUT2D eigenvalue weighted by atomic mass is 10.1. The minimum atomic E-state index is 0.948. The SMILES string of the molecule is c1ccc(-c2cc3nc[nH]c3cn2)cc1. The van der Waals surface area contributed by atoms with Crippen LogP contribution < -0.4 is 0 Å². The second-order valence-electron chi connectivity index (χ2n) is 3.36. The fourth-order valence-corrected chi connectivity index (χ4v) is 1.60. The molecule has 3 nitrogen and oxygen atoms in total. The first-order valence-electron chi connectivity index (χ1n) is 4.78. The second kappa shape index (κ2) is 3.20. The van der Waals surface area contributed by atoms with E-state index in [0.717, 1.165) is 22.3 Å². The standard InChI is InChI=1S/C12H9N3/c1-2-4-9(5-3-1)10-6-11-12(7-13-10)15-8-14-11/h1-8H,(H,14,15). The van der Waals surface area contributed by atoms with Gasteiger partial charge in [-0.2, -0.15) is 0 Å². The summed E-state index contributed by atoms with van der Waals surface area (Å²) >= 11 is 0. The molecular formula is C12H9N3. The lowest BCUT2D eigenvalue weighted by Crippen LogP contribution is -1.82. The maximum Gasteiger partial charge on any atom is 0.0932 e. The molecule has 0 atom stereocenters. The Morgan fingerprint density at radius 2 is 1.87 bits per heavy atom. The van der Waals surface area contributed by atoms with Gasteiger partial charge in [-0.1, -0.05) is 30.3 Å². The minimum absolute atomic E-state index is 0.948. The summed E-state index contributed by atoms with van der Waals surface area (Å²) in [6.07, 6.45) is 3.49. The van der Waals surface area contributed by atoms with Gasteiger partial charge in [-0.05, 0) is 6.07 Å². The van der Waals surface area contributed by atoms with Crippen LogP contribution in [0.1, 0.15) is 0 Å². The predicted molar refractivity (Wildman–Crippen MR) is 59.3 cm³/mol. The summed E-state index contributed by atoms with van der Waals surface area (Å²) in [5.41, 5.74) is 3.98. The van der Waals surface area contributed by atoms with Gasteiger partial charge in [-0.15, -0.1) is 0 Å². The van der Waals surface area contributed by atoms with Crippen molar-refractivity contribution in [3.63, 3.8) is 0 Å². The molecule has 0 bridgehead atoms. The lowest BCUT2D eigenvalue weighted by Gasteiger charge is -1.99. The fourth-order valence-electron chi connectivity index (χ4n) is 1.60. The first-order chi connectivity index (χ1) is 7.43. The molecule has 1 N–H and O–H groups in total. The van der Waals surface area contributed by atoms with Gasteiger partial charge in [0.1, 0.15) is 0 Å². The van der Waals surface area contributed by atoms with Crippen LogP contribution in [0.4, 0.5) is 0 Å². The number of fused-ring (bicyclic) bond motifs is 1. The average Bonchev–Trinajstić information content (AvgIpc) is 2.77. The highest BCUT2D eigenvalue weighted by Crippen LogP contribution is 2.19. The molecule has 0 aliphatic carbocycles. The van der Waals surface area contributed by atoms with E-state index in [1.54, 1.807) is 6.33 Å². The Bertz CT molecular complexity index is 584. The summed E-state index contributed by atoms with van der Waals surface area (Å²) in [6.45, 7) is 0. The summed E-state index contributed by atoms with van der Waals surface area (Å²) in [4.78, 5) is 11.6. The number of imidazole rings is 1. The largest absolute Gasteiger partial charge is 0.343 e. The van der Waals surface area contributed by atoms with Crippen molar-refractivity contribution in [3.05, 3.63) is 48.9 Å². The zero-order valence-electron chi connectivity index (χ0n) is 8.01. The van der Waals surface area contributed by atoms with Gasteiger partial charge in [-0.3, -0.25) is 4.98 Å². The molecule has 0 fully saturated rings. The summed E-state index contributed by atoms with van der Waals surface area (Å²) in [7, 11) is 0. The number of rotatable bonds is 1. The van der Waals surface area contributed by atoms with Crippen LogP contribution in [0.15, 0.2) is 48.9 Å². The third-order valence-corrected chi connectivity index (χ3v) is 2.38. The Labute approximate surface area is 86.8 Å². The number of pyridine rings is 1. The molecule has 15 heavy (non-hydrogen) atoms. The van der Waals surface area contributed by atoms with Gasteiger partial charge >= 0.3 is 0 Å². The van der Waals surface area contributed by atoms with Crippen molar-refractivity contribution in [2.45, 2.75) is 0 Å². The van der Waals surface area contributed by atoms with Gasteiger partial charge in [0.25, 0.3) is 0 Å². The van der Waals surface area contributed by atoms with Crippen molar-refractivity contribution >= 4 is 11.0 Å². The number of H-pyrrole nitrogens is 1. The van der Waals surface area contributed by atoms with E-state index in [-0.39, 0.29) is 0 Å². The molecule has 2 heterocycles. The number of nitrogens with one attached hydrogen (secondary N) is 1. The van der Waals surface area contributed by atoms with Gasteiger partial charge in [0, 0.05) is 5.56 Å². The highest BCUT2D eigenvalue weighted by molar-refractivity contribution is 5.78. The first-order valence-corrected chi connectivity index (χ1v) is 4.78. The zero-order chi connectivity index (χ0) is 10.1. The van der Waals surface area contributed by atoms with Crippen LogP contribution in [0.2, 0.25) is 0 Å². The maximum atomic E-state index is 4.38. The van der Waals surface area contributed by atoms with E-state index in [2.05, 4.69) is 15.0 Å². The van der Waals surface area contributed by atoms with Crippen LogP contribution in [-0.2, 0) is 0 Å². The molecule has 0 unspecified atom stereocenters. The van der Waals surface area contributed by atoms with Crippen molar-refractivity contribution in [1.29, 1.82) is 0 Å². The second-order valence-corrected chi connectivity index (χ2v) is 3.36. The third-order valence-electron chi connectivity index (χ3n) is 2.38. The number of hydrogen-bond acceptors (Lipinski definition) is 2. The molecule has 0 amide bonds. The minimum Gasteiger partial charge on any atom is -0.343 e. The van der Waals surface area contributed by atoms with Crippen molar-refractivity contribution in [2.75, 3.05) is 0 Å². The molecule has 72 valence electrons. The van der Waals surface area contributed by atoms with Crippen LogP contribution in [0, 0.1) is 0 Å². The number of nitrogens with zero attached hydrogens (tertiary/aromatic N) is 2. The monoisotopic (exact) mass is 195 g/mol. The first kappa shape index (κ1) is 8.17. The highest BCUT2D eigenvalue weighted by Gasteiger charge is 2.01. The van der Waals surface area contributed by atoms with E-state index in [1.165, 1.54) is 0 Å². The molecule has 1 aromatic carbocycles. The Morgan fingerprint density at radius 3 is 2.73 bits per heavy atom. The van der Waals surface area contributed by atoms with Crippen molar-refractivity contribution in [1.82, 2.24) is 15.0 Å². The van der Waals surface area contributed by atoms with Crippen molar-refractivity contribution in [3.8, 4) is 11.3 Å². The third kappa shape index (κ3) is 1.38. The van der Waals surface area contributed by atoms with Crippen molar-refractivity contribution in [2.24, 2.45) is 0 Å². The van der Waals surface area contributed by atoms with E-state index in [4.69, 9.17) is 0 Å². The quantitative estimate of drug-likeness (QED) is 0.648. The van der Waals surface area contributed by atoms with Crippen LogP contribution in [0.5, 0.6) is 0 Å². The van der Waals surface area contributed by atoms with Gasteiger partial charge in [0.2, 0.25) is 0 Å². The molecule has 0 spiro atoms. The summed E-state index contributed by atoms with van der Waals surface area (Å²) in [5.74, 6) is 0. The summed E-state index contributed by atoms with van der Waals surface area (Å²) < 4.78 is 0. The van der Waals surface area contributed by atoms with Gasteiger partial charge < -0.3 is 4.98 Å². The maximum absolute atomic E-state index is 4.38. The van der Waals surface area contributed by atoms with Gasteiger partial charge in [0.15, 0.2) is 0 Å². The zero-order valence-corrected chi connectivity index (χ0v) is 8.01. The normalized spacial score (nSPS) is 10.7. The van der Waals surface area contributed by atoms with E-state index in [0.29, 0.717) is 0 Å². The molecule has 3 rings (SSSR count). The van der Waals surface area contributed by atoms with E-state index < -0.39 is 0 Å². The average molecular weight is 195 g/mol. The van der Waals surface area contributed by atoms with E-state index in [9.17, 15) is 0 Å². The number of aromatic nitrogens is 3.